The maximum atomic E-state index is 12.3. The molecule has 1 aliphatic carbocycles. The molecule has 0 spiro atoms. The van der Waals surface area contributed by atoms with Crippen LogP contribution in [-0.2, 0) is 0 Å². The van der Waals surface area contributed by atoms with Gasteiger partial charge in [0.25, 0.3) is 5.91 Å². The summed E-state index contributed by atoms with van der Waals surface area (Å²) in [5.74, 6) is -0.00109. The summed E-state index contributed by atoms with van der Waals surface area (Å²) in [6, 6.07) is 10.6. The Morgan fingerprint density at radius 2 is 1.87 bits per heavy atom. The van der Waals surface area contributed by atoms with Gasteiger partial charge in [-0.3, -0.25) is 15.1 Å². The molecule has 23 heavy (non-hydrogen) atoms. The van der Waals surface area contributed by atoms with Crippen LogP contribution in [0.25, 0.3) is 0 Å². The van der Waals surface area contributed by atoms with E-state index in [1.165, 1.54) is 17.7 Å². The van der Waals surface area contributed by atoms with Crippen LogP contribution in [0, 0.1) is 0 Å². The minimum Gasteiger partial charge on any atom is -0.303 e. The van der Waals surface area contributed by atoms with E-state index < -0.39 is 0 Å². The molecular formula is C17H20N4O2. The first kappa shape index (κ1) is 15.4. The minimum atomic E-state index is -0.274. The smallest absolute Gasteiger partial charge is 0.256 e. The molecule has 0 bridgehead atoms. The molecule has 0 radical (unpaired) electrons. The van der Waals surface area contributed by atoms with Crippen LogP contribution in [-0.4, -0.2) is 27.4 Å². The number of benzene rings is 1. The molecular weight excluding hydrogens is 292 g/mol. The molecule has 3 rings (SSSR count). The van der Waals surface area contributed by atoms with Crippen molar-refractivity contribution in [3.05, 3.63) is 48.2 Å². The molecule has 0 saturated heterocycles. The van der Waals surface area contributed by atoms with Gasteiger partial charge in [-0.25, -0.2) is 0 Å². The van der Waals surface area contributed by atoms with E-state index in [9.17, 15) is 10.0 Å². The average molecular weight is 312 g/mol. The van der Waals surface area contributed by atoms with Gasteiger partial charge in [0.1, 0.15) is 5.69 Å². The van der Waals surface area contributed by atoms with Gasteiger partial charge in [0.05, 0.1) is 12.2 Å². The summed E-state index contributed by atoms with van der Waals surface area (Å²) < 4.78 is 0. The Morgan fingerprint density at radius 3 is 2.61 bits per heavy atom. The number of anilines is 2. The second kappa shape index (κ2) is 7.19. The van der Waals surface area contributed by atoms with Crippen molar-refractivity contribution in [2.45, 2.75) is 38.1 Å². The molecule has 0 atom stereocenters. The normalized spacial score (nSPS) is 15.2. The van der Waals surface area contributed by atoms with E-state index in [4.69, 9.17) is 0 Å². The zero-order chi connectivity index (χ0) is 16.1. The highest BCUT2D eigenvalue weighted by Crippen LogP contribution is 2.29. The summed E-state index contributed by atoms with van der Waals surface area (Å²) in [6.45, 7) is 0. The Hall–Kier alpha value is -2.47. The van der Waals surface area contributed by atoms with Crippen LogP contribution >= 0.6 is 0 Å². The van der Waals surface area contributed by atoms with Crippen LogP contribution in [0.1, 0.15) is 42.5 Å². The Labute approximate surface area is 135 Å². The lowest BCUT2D eigenvalue weighted by Gasteiger charge is -2.31. The lowest BCUT2D eigenvalue weighted by Crippen LogP contribution is -2.34. The van der Waals surface area contributed by atoms with Crippen molar-refractivity contribution in [2.24, 2.45) is 0 Å². The summed E-state index contributed by atoms with van der Waals surface area (Å²) in [6.07, 6.45) is 6.80. The van der Waals surface area contributed by atoms with E-state index in [0.29, 0.717) is 11.3 Å². The van der Waals surface area contributed by atoms with Gasteiger partial charge in [-0.2, -0.15) is 5.10 Å². The van der Waals surface area contributed by atoms with Crippen LogP contribution in [0.15, 0.2) is 42.6 Å². The highest BCUT2D eigenvalue weighted by atomic mass is 16.5. The van der Waals surface area contributed by atoms with Crippen LogP contribution in [0.4, 0.5) is 11.5 Å². The van der Waals surface area contributed by atoms with Crippen molar-refractivity contribution < 1.29 is 10.0 Å². The standard InChI is InChI=1S/C17H20N4O2/c22-17(13-7-3-1-4-8-13)19-16-15(11-12-18-20-16)21(23)14-9-5-2-6-10-14/h1,3-4,7-8,11-12,14,23H,2,5-6,9-10H2,(H,19,20,22). The van der Waals surface area contributed by atoms with Gasteiger partial charge < -0.3 is 5.32 Å². The van der Waals surface area contributed by atoms with Crippen LogP contribution in [0.5, 0.6) is 0 Å². The first-order valence-corrected chi connectivity index (χ1v) is 7.92. The summed E-state index contributed by atoms with van der Waals surface area (Å²) >= 11 is 0. The molecule has 120 valence electrons. The van der Waals surface area contributed by atoms with Crippen molar-refractivity contribution in [1.82, 2.24) is 10.2 Å². The van der Waals surface area contributed by atoms with E-state index in [0.717, 1.165) is 25.7 Å². The Kier molecular flexibility index (Phi) is 4.83. The lowest BCUT2D eigenvalue weighted by atomic mass is 9.95. The SMILES string of the molecule is O=C(Nc1nnccc1N(O)C1CCCCC1)c1ccccc1. The number of rotatable bonds is 4. The van der Waals surface area contributed by atoms with E-state index >= 15 is 0 Å². The molecule has 1 fully saturated rings. The maximum Gasteiger partial charge on any atom is 0.256 e. The molecule has 0 unspecified atom stereocenters. The molecule has 1 aromatic heterocycles. The molecule has 1 aromatic carbocycles. The Balaban J connectivity index is 1.79. The van der Waals surface area contributed by atoms with Gasteiger partial charge in [-0.05, 0) is 31.0 Å². The monoisotopic (exact) mass is 312 g/mol. The number of carbonyl (C=O) groups is 1. The number of hydrogen-bond donors (Lipinski definition) is 2. The van der Waals surface area contributed by atoms with E-state index in [1.54, 1.807) is 30.3 Å². The first-order chi connectivity index (χ1) is 11.3. The van der Waals surface area contributed by atoms with Gasteiger partial charge in [-0.1, -0.05) is 37.5 Å². The van der Waals surface area contributed by atoms with Crippen molar-refractivity contribution >= 4 is 17.4 Å². The fourth-order valence-electron chi connectivity index (χ4n) is 2.89. The lowest BCUT2D eigenvalue weighted by molar-refractivity contribution is 0.102. The van der Waals surface area contributed by atoms with Gasteiger partial charge in [-0.15, -0.1) is 5.10 Å². The molecule has 1 heterocycles. The predicted molar refractivity (Wildman–Crippen MR) is 87.6 cm³/mol. The van der Waals surface area contributed by atoms with Crippen molar-refractivity contribution in [3.8, 4) is 0 Å². The number of nitrogens with zero attached hydrogens (tertiary/aromatic N) is 3. The second-order valence-corrected chi connectivity index (χ2v) is 5.72. The minimum absolute atomic E-state index is 0.0559. The summed E-state index contributed by atoms with van der Waals surface area (Å²) in [5, 5.41) is 22.3. The highest BCUT2D eigenvalue weighted by Gasteiger charge is 2.23. The topological polar surface area (TPSA) is 78.4 Å². The fourth-order valence-corrected chi connectivity index (χ4v) is 2.89. The molecule has 2 N–H and O–H groups in total. The van der Waals surface area contributed by atoms with E-state index in [1.807, 2.05) is 6.07 Å². The van der Waals surface area contributed by atoms with Gasteiger partial charge in [0.15, 0.2) is 5.82 Å². The van der Waals surface area contributed by atoms with Crippen molar-refractivity contribution in [3.63, 3.8) is 0 Å². The zero-order valence-corrected chi connectivity index (χ0v) is 12.9. The van der Waals surface area contributed by atoms with Crippen LogP contribution < -0.4 is 10.4 Å². The molecule has 1 aliphatic rings. The average Bonchev–Trinajstić information content (AvgIpc) is 2.63. The van der Waals surface area contributed by atoms with Crippen LogP contribution in [0.2, 0.25) is 0 Å². The van der Waals surface area contributed by atoms with Crippen molar-refractivity contribution in [2.75, 3.05) is 10.4 Å². The van der Waals surface area contributed by atoms with Crippen LogP contribution in [0.3, 0.4) is 0 Å². The van der Waals surface area contributed by atoms with Gasteiger partial charge in [0, 0.05) is 5.56 Å². The number of carbonyl (C=O) groups excluding carboxylic acids is 1. The highest BCUT2D eigenvalue weighted by molar-refractivity contribution is 6.05. The molecule has 6 nitrogen and oxygen atoms in total. The summed E-state index contributed by atoms with van der Waals surface area (Å²) in [5.41, 5.74) is 1.02. The molecule has 1 saturated carbocycles. The Morgan fingerprint density at radius 1 is 1.13 bits per heavy atom. The molecule has 6 heteroatoms. The quantitative estimate of drug-likeness (QED) is 0.847. The number of aromatic nitrogens is 2. The summed E-state index contributed by atoms with van der Waals surface area (Å²) in [4.78, 5) is 12.3. The zero-order valence-electron chi connectivity index (χ0n) is 12.9. The molecule has 1 amide bonds. The van der Waals surface area contributed by atoms with E-state index in [2.05, 4.69) is 15.5 Å². The largest absolute Gasteiger partial charge is 0.303 e. The molecule has 2 aromatic rings. The third kappa shape index (κ3) is 3.65. The first-order valence-electron chi connectivity index (χ1n) is 7.92. The molecule has 0 aliphatic heterocycles. The maximum absolute atomic E-state index is 12.3. The second-order valence-electron chi connectivity index (χ2n) is 5.72. The van der Waals surface area contributed by atoms with Gasteiger partial charge >= 0.3 is 0 Å². The van der Waals surface area contributed by atoms with Crippen molar-refractivity contribution in [1.29, 1.82) is 0 Å². The number of nitrogens with one attached hydrogen (secondary N) is 1. The predicted octanol–water partition coefficient (Wildman–Crippen LogP) is 3.26. The van der Waals surface area contributed by atoms with Gasteiger partial charge in [0.2, 0.25) is 0 Å². The van der Waals surface area contributed by atoms with E-state index in [-0.39, 0.29) is 17.8 Å². The third-order valence-corrected chi connectivity index (χ3v) is 4.13. The Bertz CT molecular complexity index is 657. The summed E-state index contributed by atoms with van der Waals surface area (Å²) in [7, 11) is 0. The number of amides is 1. The number of hydroxylamine groups is 1. The fraction of sp³-hybridized carbons (Fsp3) is 0.353. The third-order valence-electron chi connectivity index (χ3n) is 4.13. The number of hydrogen-bond acceptors (Lipinski definition) is 5.